The van der Waals surface area contributed by atoms with Gasteiger partial charge in [0, 0.05) is 18.3 Å². The van der Waals surface area contributed by atoms with Gasteiger partial charge in [-0.3, -0.25) is 4.79 Å². The summed E-state index contributed by atoms with van der Waals surface area (Å²) in [7, 11) is 1.70. The lowest BCUT2D eigenvalue weighted by Crippen LogP contribution is -2.23. The van der Waals surface area contributed by atoms with E-state index >= 15 is 0 Å². The normalized spacial score (nSPS) is 19.4. The summed E-state index contributed by atoms with van der Waals surface area (Å²) in [5.41, 5.74) is 2.76. The summed E-state index contributed by atoms with van der Waals surface area (Å²) in [6.45, 7) is 1.96. The predicted octanol–water partition coefficient (Wildman–Crippen LogP) is 1.58. The molecule has 1 atom stereocenters. The summed E-state index contributed by atoms with van der Waals surface area (Å²) < 4.78 is 0. The zero-order chi connectivity index (χ0) is 10.3. The highest BCUT2D eigenvalue weighted by Gasteiger charge is 2.34. The second kappa shape index (κ2) is 2.85. The van der Waals surface area contributed by atoms with E-state index in [9.17, 15) is 4.79 Å². The van der Waals surface area contributed by atoms with Crippen molar-refractivity contribution in [2.45, 2.75) is 12.8 Å². The molecule has 0 fully saturated rings. The van der Waals surface area contributed by atoms with Crippen LogP contribution in [0.3, 0.4) is 0 Å². The number of hydrogen-bond acceptors (Lipinski definition) is 2. The van der Waals surface area contributed by atoms with Gasteiger partial charge >= 0.3 is 0 Å². The first-order valence-corrected chi connectivity index (χ1v) is 4.43. The van der Waals surface area contributed by atoms with Crippen molar-refractivity contribution in [1.29, 1.82) is 5.26 Å². The Morgan fingerprint density at radius 1 is 1.50 bits per heavy atom. The first-order valence-electron chi connectivity index (χ1n) is 4.43. The maximum Gasteiger partial charge on any atom is 0.248 e. The third kappa shape index (κ3) is 1.01. The van der Waals surface area contributed by atoms with Crippen molar-refractivity contribution in [2.24, 2.45) is 0 Å². The number of carbonyl (C=O) groups excluding carboxylic acids is 1. The minimum atomic E-state index is -0.616. The van der Waals surface area contributed by atoms with Crippen LogP contribution in [0.25, 0.3) is 0 Å². The standard InChI is InChI=1S/C11H10N2O/c1-7-3-4-10-8(5-7)9(6-12)11(14)13(10)2/h3-5,9H,1-2H3. The molecule has 1 aliphatic heterocycles. The molecule has 0 aromatic heterocycles. The van der Waals surface area contributed by atoms with Gasteiger partial charge in [0.25, 0.3) is 0 Å². The smallest absolute Gasteiger partial charge is 0.248 e. The molecule has 1 aliphatic rings. The van der Waals surface area contributed by atoms with E-state index in [2.05, 4.69) is 0 Å². The van der Waals surface area contributed by atoms with Crippen LogP contribution in [0, 0.1) is 18.3 Å². The molecule has 0 saturated heterocycles. The molecule has 1 unspecified atom stereocenters. The molecule has 0 radical (unpaired) electrons. The number of rotatable bonds is 0. The summed E-state index contributed by atoms with van der Waals surface area (Å²) in [5.74, 6) is -0.747. The number of benzene rings is 1. The molecule has 0 aliphatic carbocycles. The van der Waals surface area contributed by atoms with E-state index in [-0.39, 0.29) is 5.91 Å². The maximum absolute atomic E-state index is 11.6. The van der Waals surface area contributed by atoms with Crippen LogP contribution in [0.2, 0.25) is 0 Å². The van der Waals surface area contributed by atoms with Crippen LogP contribution in [0.4, 0.5) is 5.69 Å². The number of anilines is 1. The minimum Gasteiger partial charge on any atom is -0.314 e. The molecular weight excluding hydrogens is 176 g/mol. The molecular formula is C11H10N2O. The number of hydrogen-bond donors (Lipinski definition) is 0. The van der Waals surface area contributed by atoms with E-state index in [0.717, 1.165) is 16.8 Å². The Labute approximate surface area is 82.6 Å². The summed E-state index contributed by atoms with van der Waals surface area (Å²) in [6.07, 6.45) is 0. The molecule has 1 aromatic rings. The average molecular weight is 186 g/mol. The van der Waals surface area contributed by atoms with Gasteiger partial charge in [-0.2, -0.15) is 5.26 Å². The average Bonchev–Trinajstić information content (AvgIpc) is 2.39. The summed E-state index contributed by atoms with van der Waals surface area (Å²) in [6, 6.07) is 7.78. The lowest BCUT2D eigenvalue weighted by molar-refractivity contribution is -0.117. The van der Waals surface area contributed by atoms with Gasteiger partial charge in [0.05, 0.1) is 6.07 Å². The predicted molar refractivity (Wildman–Crippen MR) is 52.9 cm³/mol. The molecule has 1 heterocycles. The van der Waals surface area contributed by atoms with E-state index < -0.39 is 5.92 Å². The van der Waals surface area contributed by atoms with Crippen LogP contribution >= 0.6 is 0 Å². The van der Waals surface area contributed by atoms with E-state index in [4.69, 9.17) is 5.26 Å². The number of aryl methyl sites for hydroxylation is 1. The summed E-state index contributed by atoms with van der Waals surface area (Å²) in [5, 5.41) is 8.89. The van der Waals surface area contributed by atoms with E-state index in [1.165, 1.54) is 0 Å². The maximum atomic E-state index is 11.6. The molecule has 0 saturated carbocycles. The van der Waals surface area contributed by atoms with Gasteiger partial charge in [-0.1, -0.05) is 17.7 Å². The molecule has 3 heteroatoms. The van der Waals surface area contributed by atoms with Crippen molar-refractivity contribution in [3.63, 3.8) is 0 Å². The number of nitriles is 1. The third-order valence-corrected chi connectivity index (χ3v) is 2.56. The zero-order valence-electron chi connectivity index (χ0n) is 8.11. The van der Waals surface area contributed by atoms with Gasteiger partial charge in [-0.05, 0) is 13.0 Å². The van der Waals surface area contributed by atoms with Crippen molar-refractivity contribution in [2.75, 3.05) is 11.9 Å². The van der Waals surface area contributed by atoms with E-state index in [0.29, 0.717) is 0 Å². The zero-order valence-corrected chi connectivity index (χ0v) is 8.11. The van der Waals surface area contributed by atoms with Crippen LogP contribution < -0.4 is 4.90 Å². The third-order valence-electron chi connectivity index (χ3n) is 2.56. The van der Waals surface area contributed by atoms with Crippen molar-refractivity contribution in [3.8, 4) is 6.07 Å². The van der Waals surface area contributed by atoms with Gasteiger partial charge in [-0.25, -0.2) is 0 Å². The van der Waals surface area contributed by atoms with E-state index in [1.54, 1.807) is 11.9 Å². The summed E-state index contributed by atoms with van der Waals surface area (Å²) in [4.78, 5) is 13.2. The molecule has 0 spiro atoms. The Morgan fingerprint density at radius 3 is 2.86 bits per heavy atom. The molecule has 0 N–H and O–H groups in total. The quantitative estimate of drug-likeness (QED) is 0.617. The van der Waals surface area contributed by atoms with Crippen molar-refractivity contribution < 1.29 is 4.79 Å². The number of carbonyl (C=O) groups is 1. The molecule has 1 amide bonds. The monoisotopic (exact) mass is 186 g/mol. The first-order chi connectivity index (χ1) is 6.65. The van der Waals surface area contributed by atoms with Gasteiger partial charge in [-0.15, -0.1) is 0 Å². The van der Waals surface area contributed by atoms with Gasteiger partial charge < -0.3 is 4.90 Å². The van der Waals surface area contributed by atoms with Gasteiger partial charge in [0.2, 0.25) is 5.91 Å². The van der Waals surface area contributed by atoms with Gasteiger partial charge in [0.15, 0.2) is 5.92 Å². The largest absolute Gasteiger partial charge is 0.314 e. The fraction of sp³-hybridized carbons (Fsp3) is 0.273. The van der Waals surface area contributed by atoms with Crippen LogP contribution in [-0.4, -0.2) is 13.0 Å². The molecule has 0 bridgehead atoms. The highest BCUT2D eigenvalue weighted by atomic mass is 16.2. The minimum absolute atomic E-state index is 0.131. The molecule has 3 nitrogen and oxygen atoms in total. The molecule has 14 heavy (non-hydrogen) atoms. The highest BCUT2D eigenvalue weighted by molar-refractivity contribution is 6.06. The molecule has 70 valence electrons. The van der Waals surface area contributed by atoms with Crippen LogP contribution in [0.1, 0.15) is 17.0 Å². The highest BCUT2D eigenvalue weighted by Crippen LogP contribution is 2.36. The van der Waals surface area contributed by atoms with Crippen LogP contribution in [0.15, 0.2) is 18.2 Å². The van der Waals surface area contributed by atoms with Crippen LogP contribution in [-0.2, 0) is 4.79 Å². The van der Waals surface area contributed by atoms with Crippen molar-refractivity contribution in [1.82, 2.24) is 0 Å². The Balaban J connectivity index is 2.63. The number of likely N-dealkylation sites (N-methyl/N-ethyl adjacent to an activating group) is 1. The fourth-order valence-electron chi connectivity index (χ4n) is 1.78. The number of fused-ring (bicyclic) bond motifs is 1. The van der Waals surface area contributed by atoms with E-state index in [1.807, 2.05) is 31.2 Å². The van der Waals surface area contributed by atoms with Crippen molar-refractivity contribution in [3.05, 3.63) is 29.3 Å². The molecule has 2 rings (SSSR count). The number of amides is 1. The topological polar surface area (TPSA) is 44.1 Å². The number of nitrogens with zero attached hydrogens (tertiary/aromatic N) is 2. The fourth-order valence-corrected chi connectivity index (χ4v) is 1.78. The summed E-state index contributed by atoms with van der Waals surface area (Å²) >= 11 is 0. The Hall–Kier alpha value is -1.82. The lowest BCUT2D eigenvalue weighted by Gasteiger charge is -2.08. The second-order valence-corrected chi connectivity index (χ2v) is 3.52. The SMILES string of the molecule is Cc1ccc2c(c1)C(C#N)C(=O)N2C. The van der Waals surface area contributed by atoms with Gasteiger partial charge in [0.1, 0.15) is 0 Å². The molecule has 1 aromatic carbocycles. The Kier molecular flexibility index (Phi) is 1.78. The second-order valence-electron chi connectivity index (χ2n) is 3.52. The lowest BCUT2D eigenvalue weighted by atomic mass is 10.0. The van der Waals surface area contributed by atoms with Crippen LogP contribution in [0.5, 0.6) is 0 Å². The Morgan fingerprint density at radius 2 is 2.21 bits per heavy atom. The first kappa shape index (κ1) is 8.76. The Bertz CT molecular complexity index is 445. The van der Waals surface area contributed by atoms with Crippen molar-refractivity contribution >= 4 is 11.6 Å².